The Kier molecular flexibility index (Phi) is 7.26. The van der Waals surface area contributed by atoms with Gasteiger partial charge in [-0.25, -0.2) is 4.79 Å². The van der Waals surface area contributed by atoms with Crippen LogP contribution in [0.25, 0.3) is 0 Å². The molecule has 5 rings (SSSR count). The summed E-state index contributed by atoms with van der Waals surface area (Å²) in [6.07, 6.45) is 6.37. The number of ether oxygens (including phenoxy) is 2. The minimum Gasteiger partial charge on any atom is -0.444 e. The molecule has 0 aromatic carbocycles. The average Bonchev–Trinajstić information content (AvgIpc) is 3.50. The lowest BCUT2D eigenvalue weighted by molar-refractivity contribution is -0.000137. The second-order valence-electron chi connectivity index (χ2n) is 11.8. The van der Waals surface area contributed by atoms with Crippen LogP contribution in [-0.4, -0.2) is 94.7 Å². The molecule has 0 bridgehead atoms. The number of aromatic nitrogens is 2. The Hall–Kier alpha value is -1.84. The fourth-order valence-corrected chi connectivity index (χ4v) is 6.63. The van der Waals surface area contributed by atoms with Crippen molar-refractivity contribution in [1.82, 2.24) is 20.0 Å². The first-order valence-corrected chi connectivity index (χ1v) is 14.0. The van der Waals surface area contributed by atoms with Crippen LogP contribution in [0.3, 0.4) is 0 Å². The van der Waals surface area contributed by atoms with Gasteiger partial charge in [-0.05, 0) is 59.3 Å². The first-order valence-electron chi connectivity index (χ1n) is 13.6. The third-order valence-electron chi connectivity index (χ3n) is 8.35. The predicted molar refractivity (Wildman–Crippen MR) is 141 cm³/mol. The van der Waals surface area contributed by atoms with Crippen LogP contribution in [0.1, 0.15) is 66.2 Å². The van der Waals surface area contributed by atoms with E-state index >= 15 is 0 Å². The van der Waals surface area contributed by atoms with E-state index in [0.717, 1.165) is 89.4 Å². The molecule has 1 unspecified atom stereocenters. The second kappa shape index (κ2) is 10.1. The highest BCUT2D eigenvalue weighted by Gasteiger charge is 2.50. The number of nitrogens with one attached hydrogen (secondary N) is 1. The van der Waals surface area contributed by atoms with Gasteiger partial charge in [0.05, 0.1) is 17.3 Å². The molecule has 4 aliphatic rings. The number of nitrogens with zero attached hydrogens (tertiary/aromatic N) is 5. The van der Waals surface area contributed by atoms with Crippen LogP contribution >= 0.6 is 11.6 Å². The van der Waals surface area contributed by atoms with Crippen molar-refractivity contribution in [3.8, 4) is 0 Å². The number of rotatable bonds is 5. The lowest BCUT2D eigenvalue weighted by Crippen LogP contribution is -2.53. The van der Waals surface area contributed by atoms with E-state index in [1.807, 2.05) is 31.7 Å². The summed E-state index contributed by atoms with van der Waals surface area (Å²) in [5.74, 6) is 0.820. The van der Waals surface area contributed by atoms with Crippen molar-refractivity contribution < 1.29 is 14.3 Å². The van der Waals surface area contributed by atoms with Crippen LogP contribution in [0.5, 0.6) is 0 Å². The summed E-state index contributed by atoms with van der Waals surface area (Å²) in [4.78, 5) is 19.8. The van der Waals surface area contributed by atoms with Crippen LogP contribution in [0, 0.1) is 0 Å². The van der Waals surface area contributed by atoms with Crippen molar-refractivity contribution in [3.05, 3.63) is 11.2 Å². The topological polar surface area (TPSA) is 83.1 Å². The highest BCUT2D eigenvalue weighted by Crippen LogP contribution is 2.45. The molecular formula is C26H41ClN6O3. The maximum absolute atomic E-state index is 12.7. The highest BCUT2D eigenvalue weighted by atomic mass is 35.5. The number of fused-ring (bicyclic) bond motifs is 3. The maximum Gasteiger partial charge on any atom is 0.410 e. The molecule has 200 valence electrons. The summed E-state index contributed by atoms with van der Waals surface area (Å²) in [6, 6.07) is 2.76. The summed E-state index contributed by atoms with van der Waals surface area (Å²) in [6.45, 7) is 13.1. The minimum absolute atomic E-state index is 0.0238. The number of piperidine rings is 1. The molecule has 5 heterocycles. The first-order chi connectivity index (χ1) is 17.2. The fourth-order valence-electron chi connectivity index (χ4n) is 6.49. The van der Waals surface area contributed by atoms with Crippen molar-refractivity contribution in [2.75, 3.05) is 49.5 Å². The molecule has 1 amide bonds. The van der Waals surface area contributed by atoms with E-state index in [1.165, 1.54) is 0 Å². The molecule has 4 aliphatic heterocycles. The lowest BCUT2D eigenvalue weighted by Gasteiger charge is -2.43. The van der Waals surface area contributed by atoms with Crippen molar-refractivity contribution in [2.24, 2.45) is 0 Å². The average molecular weight is 521 g/mol. The fraction of sp³-hybridized carbons (Fsp3) is 0.808. The maximum atomic E-state index is 12.7. The number of likely N-dealkylation sites (tertiary alicyclic amines) is 1. The van der Waals surface area contributed by atoms with E-state index in [-0.39, 0.29) is 17.7 Å². The molecule has 36 heavy (non-hydrogen) atoms. The third-order valence-corrected chi connectivity index (χ3v) is 8.54. The van der Waals surface area contributed by atoms with E-state index in [0.29, 0.717) is 17.2 Å². The number of hydrogen-bond acceptors (Lipinski definition) is 8. The number of amides is 1. The number of carbonyl (C=O) groups excluding carboxylic acids is 1. The van der Waals surface area contributed by atoms with Crippen molar-refractivity contribution in [1.29, 1.82) is 0 Å². The minimum atomic E-state index is -0.472. The molecule has 0 radical (unpaired) electrons. The molecule has 1 aromatic heterocycles. The molecule has 3 fully saturated rings. The molecule has 3 atom stereocenters. The lowest BCUT2D eigenvalue weighted by atomic mass is 9.88. The van der Waals surface area contributed by atoms with Crippen LogP contribution in [0.2, 0.25) is 5.15 Å². The zero-order valence-electron chi connectivity index (χ0n) is 22.1. The molecule has 1 aromatic rings. The normalized spacial score (nSPS) is 28.7. The number of anilines is 2. The highest BCUT2D eigenvalue weighted by molar-refractivity contribution is 6.29. The van der Waals surface area contributed by atoms with Gasteiger partial charge in [-0.3, -0.25) is 4.90 Å². The quantitative estimate of drug-likeness (QED) is 0.619. The second-order valence-corrected chi connectivity index (χ2v) is 12.2. The summed E-state index contributed by atoms with van der Waals surface area (Å²) in [7, 11) is 0. The number of halogens is 1. The molecular weight excluding hydrogens is 480 g/mol. The van der Waals surface area contributed by atoms with Gasteiger partial charge in [0.1, 0.15) is 5.60 Å². The van der Waals surface area contributed by atoms with Crippen molar-refractivity contribution >= 4 is 29.2 Å². The van der Waals surface area contributed by atoms with Crippen LogP contribution < -0.4 is 10.2 Å². The Balaban J connectivity index is 1.34. The van der Waals surface area contributed by atoms with Crippen molar-refractivity contribution in [2.45, 2.75) is 95.5 Å². The van der Waals surface area contributed by atoms with Crippen LogP contribution in [0.15, 0.2) is 6.07 Å². The van der Waals surface area contributed by atoms with Gasteiger partial charge in [-0.1, -0.05) is 18.5 Å². The molecule has 0 saturated carbocycles. The van der Waals surface area contributed by atoms with Gasteiger partial charge in [0.15, 0.2) is 11.0 Å². The Morgan fingerprint density at radius 3 is 2.72 bits per heavy atom. The van der Waals surface area contributed by atoms with Gasteiger partial charge >= 0.3 is 6.09 Å². The summed E-state index contributed by atoms with van der Waals surface area (Å²) in [5.41, 5.74) is 0.610. The molecule has 0 aliphatic carbocycles. The van der Waals surface area contributed by atoms with Gasteiger partial charge in [0.25, 0.3) is 0 Å². The molecule has 9 nitrogen and oxygen atoms in total. The standard InChI is InChI=1S/C26H41ClN6O3/c1-5-26-14-19(15-33(26)21-13-22(27)29-30-23(21)28-17-26)32(16-20-7-6-12-35-20)18-8-10-31(11-9-18)24(34)36-25(2,3)4/h13,18-20H,5-12,14-17H2,1-4H3,(H,28,30)/t19-,20?,26-/m1/s1. The largest absolute Gasteiger partial charge is 0.444 e. The zero-order chi connectivity index (χ0) is 25.5. The van der Waals surface area contributed by atoms with E-state index < -0.39 is 5.60 Å². The van der Waals surface area contributed by atoms with Crippen LogP contribution in [-0.2, 0) is 9.47 Å². The Morgan fingerprint density at radius 2 is 2.06 bits per heavy atom. The Morgan fingerprint density at radius 1 is 1.28 bits per heavy atom. The van der Waals surface area contributed by atoms with E-state index in [9.17, 15) is 4.79 Å². The SMILES string of the molecule is CC[C@@]12CNc3nnc(Cl)cc3N1C[C@H](N(CC1CCCO1)C1CCN(C(=O)OC(C)(C)C)CC1)C2. The Labute approximate surface area is 219 Å². The van der Waals surface area contributed by atoms with Gasteiger partial charge in [0.2, 0.25) is 0 Å². The molecule has 10 heteroatoms. The van der Waals surface area contributed by atoms with Gasteiger partial charge in [0, 0.05) is 57.5 Å². The smallest absolute Gasteiger partial charge is 0.410 e. The van der Waals surface area contributed by atoms with E-state index in [4.69, 9.17) is 21.1 Å². The molecule has 0 spiro atoms. The van der Waals surface area contributed by atoms with Crippen molar-refractivity contribution in [3.63, 3.8) is 0 Å². The van der Waals surface area contributed by atoms with Gasteiger partial charge in [-0.2, -0.15) is 0 Å². The first kappa shape index (κ1) is 25.8. The predicted octanol–water partition coefficient (Wildman–Crippen LogP) is 4.16. The summed E-state index contributed by atoms with van der Waals surface area (Å²) in [5, 5.41) is 12.3. The van der Waals surface area contributed by atoms with Gasteiger partial charge < -0.3 is 24.6 Å². The molecule has 3 saturated heterocycles. The van der Waals surface area contributed by atoms with Gasteiger partial charge in [-0.15, -0.1) is 10.2 Å². The zero-order valence-corrected chi connectivity index (χ0v) is 22.9. The Bertz CT molecular complexity index is 944. The van der Waals surface area contributed by atoms with E-state index in [2.05, 4.69) is 32.2 Å². The monoisotopic (exact) mass is 520 g/mol. The molecule has 1 N–H and O–H groups in total. The summed E-state index contributed by atoms with van der Waals surface area (Å²) < 4.78 is 11.7. The third kappa shape index (κ3) is 5.24. The van der Waals surface area contributed by atoms with E-state index in [1.54, 1.807) is 0 Å². The number of carbonyl (C=O) groups is 1. The summed E-state index contributed by atoms with van der Waals surface area (Å²) >= 11 is 6.27. The van der Waals surface area contributed by atoms with Crippen LogP contribution in [0.4, 0.5) is 16.3 Å². The number of hydrogen-bond donors (Lipinski definition) is 1.